The van der Waals surface area contributed by atoms with Crippen molar-refractivity contribution in [1.29, 1.82) is 0 Å². The molecule has 0 aromatic heterocycles. The summed E-state index contributed by atoms with van der Waals surface area (Å²) in [7, 11) is 3.01. The quantitative estimate of drug-likeness (QED) is 0.483. The molecular formula is C25H30F3NO2. The lowest BCUT2D eigenvalue weighted by Crippen LogP contribution is -2.54. The summed E-state index contributed by atoms with van der Waals surface area (Å²) in [5.41, 5.74) is 0.0220. The van der Waals surface area contributed by atoms with Crippen molar-refractivity contribution >= 4 is 11.5 Å². The van der Waals surface area contributed by atoms with Crippen LogP contribution in [0.1, 0.15) is 43.4 Å². The Morgan fingerprint density at radius 1 is 1.10 bits per heavy atom. The molecule has 0 saturated carbocycles. The predicted octanol–water partition coefficient (Wildman–Crippen LogP) is 6.03. The number of carbonyl (C=O) groups is 1. The normalized spacial score (nSPS) is 13.4. The first-order valence-corrected chi connectivity index (χ1v) is 10.3. The van der Waals surface area contributed by atoms with Crippen molar-refractivity contribution in [2.24, 2.45) is 0 Å². The topological polar surface area (TPSA) is 29.5 Å². The molecule has 1 amide bonds. The van der Waals surface area contributed by atoms with E-state index < -0.39 is 17.5 Å². The Bertz CT molecular complexity index is 909. The van der Waals surface area contributed by atoms with E-state index in [1.807, 2.05) is 25.1 Å². The summed E-state index contributed by atoms with van der Waals surface area (Å²) in [5.74, 6) is -0.211. The molecule has 1 unspecified atom stereocenters. The fourth-order valence-electron chi connectivity index (χ4n) is 3.82. The first-order valence-electron chi connectivity index (χ1n) is 10.3. The third kappa shape index (κ3) is 4.94. The maximum Gasteiger partial charge on any atom is 0.407 e. The van der Waals surface area contributed by atoms with Gasteiger partial charge in [-0.05, 0) is 47.6 Å². The second-order valence-corrected chi connectivity index (χ2v) is 7.58. The highest BCUT2D eigenvalue weighted by molar-refractivity contribution is 5.89. The number of alkyl halides is 3. The van der Waals surface area contributed by atoms with Crippen LogP contribution in [0.2, 0.25) is 0 Å². The van der Waals surface area contributed by atoms with Gasteiger partial charge in [-0.1, -0.05) is 62.9 Å². The van der Waals surface area contributed by atoms with Crippen molar-refractivity contribution in [2.75, 3.05) is 20.7 Å². The number of ether oxygens (including phenoxy) is 1. The van der Waals surface area contributed by atoms with E-state index in [2.05, 4.69) is 6.58 Å². The van der Waals surface area contributed by atoms with Gasteiger partial charge in [-0.25, -0.2) is 0 Å². The molecule has 0 aliphatic rings. The van der Waals surface area contributed by atoms with Gasteiger partial charge < -0.3 is 9.64 Å². The lowest BCUT2D eigenvalue weighted by atomic mass is 9.76. The van der Waals surface area contributed by atoms with E-state index in [-0.39, 0.29) is 18.5 Å². The van der Waals surface area contributed by atoms with Crippen molar-refractivity contribution in [3.05, 3.63) is 71.8 Å². The zero-order valence-corrected chi connectivity index (χ0v) is 18.6. The van der Waals surface area contributed by atoms with Gasteiger partial charge in [-0.3, -0.25) is 4.79 Å². The van der Waals surface area contributed by atoms with Crippen LogP contribution in [0, 0.1) is 0 Å². The number of benzene rings is 2. The lowest BCUT2D eigenvalue weighted by molar-refractivity contribution is -0.201. The van der Waals surface area contributed by atoms with Gasteiger partial charge in [-0.2, -0.15) is 13.2 Å². The summed E-state index contributed by atoms with van der Waals surface area (Å²) < 4.78 is 48.0. The van der Waals surface area contributed by atoms with Gasteiger partial charge in [0.15, 0.2) is 5.41 Å². The van der Waals surface area contributed by atoms with Gasteiger partial charge >= 0.3 is 6.18 Å². The number of hydrogen-bond donors (Lipinski definition) is 0. The largest absolute Gasteiger partial charge is 0.496 e. The minimum absolute atomic E-state index is 0.0411. The average Bonchev–Trinajstić information content (AvgIpc) is 2.77. The van der Waals surface area contributed by atoms with E-state index in [9.17, 15) is 18.0 Å². The predicted molar refractivity (Wildman–Crippen MR) is 118 cm³/mol. The standard InChI is InChI=1S/C25H30F3NO2/c1-6-19-13-14-20(17-22(19)31-5)18(3)15-16-29(4)23(30)24(7-2,25(26,27)28)21-11-9-8-10-12-21/h8-14,17H,3,6-7,15-16H2,1-2,4-5H3. The van der Waals surface area contributed by atoms with Crippen LogP contribution < -0.4 is 4.74 Å². The zero-order chi connectivity index (χ0) is 23.2. The molecule has 0 heterocycles. The molecule has 0 fully saturated rings. The average molecular weight is 434 g/mol. The molecule has 31 heavy (non-hydrogen) atoms. The third-order valence-electron chi connectivity index (χ3n) is 5.82. The summed E-state index contributed by atoms with van der Waals surface area (Å²) >= 11 is 0. The van der Waals surface area contributed by atoms with Crippen LogP contribution in [-0.4, -0.2) is 37.7 Å². The summed E-state index contributed by atoms with van der Waals surface area (Å²) in [6.07, 6.45) is -3.92. The van der Waals surface area contributed by atoms with Crippen LogP contribution in [0.15, 0.2) is 55.1 Å². The van der Waals surface area contributed by atoms with Crippen molar-refractivity contribution in [2.45, 2.75) is 44.7 Å². The summed E-state index contributed by atoms with van der Waals surface area (Å²) in [6.45, 7) is 7.61. The highest BCUT2D eigenvalue weighted by Gasteiger charge is 2.60. The number of carbonyl (C=O) groups excluding carboxylic acids is 1. The Labute approximate surface area is 182 Å². The second kappa shape index (κ2) is 10.0. The number of aryl methyl sites for hydroxylation is 1. The first-order chi connectivity index (χ1) is 14.6. The van der Waals surface area contributed by atoms with Gasteiger partial charge in [0.2, 0.25) is 5.91 Å². The molecule has 0 aliphatic heterocycles. The number of rotatable bonds is 9. The maximum absolute atomic E-state index is 14.2. The first kappa shape index (κ1) is 24.5. The zero-order valence-electron chi connectivity index (χ0n) is 18.6. The minimum atomic E-state index is -4.71. The number of amides is 1. The molecule has 0 saturated heterocycles. The van der Waals surface area contributed by atoms with Gasteiger partial charge in [0.1, 0.15) is 5.75 Å². The van der Waals surface area contributed by atoms with Crippen LogP contribution >= 0.6 is 0 Å². The summed E-state index contributed by atoms with van der Waals surface area (Å²) in [4.78, 5) is 14.3. The van der Waals surface area contributed by atoms with E-state index in [0.29, 0.717) is 6.42 Å². The smallest absolute Gasteiger partial charge is 0.407 e. The molecule has 6 heteroatoms. The minimum Gasteiger partial charge on any atom is -0.496 e. The molecule has 2 aromatic rings. The monoisotopic (exact) mass is 433 g/mol. The van der Waals surface area contributed by atoms with Crippen molar-refractivity contribution < 1.29 is 22.7 Å². The van der Waals surface area contributed by atoms with E-state index in [4.69, 9.17) is 4.74 Å². The summed E-state index contributed by atoms with van der Waals surface area (Å²) in [6, 6.07) is 13.2. The highest BCUT2D eigenvalue weighted by Crippen LogP contribution is 2.45. The fourth-order valence-corrected chi connectivity index (χ4v) is 3.82. The number of hydrogen-bond acceptors (Lipinski definition) is 2. The molecule has 168 valence electrons. The van der Waals surface area contributed by atoms with Crippen LogP contribution in [0.3, 0.4) is 0 Å². The maximum atomic E-state index is 14.2. The summed E-state index contributed by atoms with van der Waals surface area (Å²) in [5, 5.41) is 0. The van der Waals surface area contributed by atoms with E-state index in [1.54, 1.807) is 13.2 Å². The molecule has 0 aliphatic carbocycles. The Kier molecular flexibility index (Phi) is 7.93. The Morgan fingerprint density at radius 2 is 1.74 bits per heavy atom. The number of halogens is 3. The van der Waals surface area contributed by atoms with Crippen LogP contribution in [0.4, 0.5) is 13.2 Å². The third-order valence-corrected chi connectivity index (χ3v) is 5.82. The van der Waals surface area contributed by atoms with Crippen LogP contribution in [0.25, 0.3) is 5.57 Å². The second-order valence-electron chi connectivity index (χ2n) is 7.58. The SMILES string of the molecule is C=C(CCN(C)C(=O)C(CC)(c1ccccc1)C(F)(F)F)c1ccc(CC)c(OC)c1. The lowest BCUT2D eigenvalue weighted by Gasteiger charge is -2.37. The molecule has 0 bridgehead atoms. The molecular weight excluding hydrogens is 403 g/mol. The van der Waals surface area contributed by atoms with E-state index in [1.165, 1.54) is 38.2 Å². The Balaban J connectivity index is 2.22. The van der Waals surface area contributed by atoms with Crippen molar-refractivity contribution in [3.63, 3.8) is 0 Å². The van der Waals surface area contributed by atoms with Gasteiger partial charge in [0.05, 0.1) is 7.11 Å². The number of methoxy groups -OCH3 is 1. The van der Waals surface area contributed by atoms with Crippen molar-refractivity contribution in [3.8, 4) is 5.75 Å². The van der Waals surface area contributed by atoms with Crippen molar-refractivity contribution in [1.82, 2.24) is 4.90 Å². The molecule has 0 radical (unpaired) electrons. The van der Waals surface area contributed by atoms with Crippen LogP contribution in [-0.2, 0) is 16.6 Å². The van der Waals surface area contributed by atoms with Gasteiger partial charge in [-0.15, -0.1) is 0 Å². The van der Waals surface area contributed by atoms with Crippen LogP contribution in [0.5, 0.6) is 5.75 Å². The Hall–Kier alpha value is -2.76. The van der Waals surface area contributed by atoms with E-state index in [0.717, 1.165) is 33.8 Å². The number of nitrogens with zero attached hydrogens (tertiary/aromatic N) is 1. The highest BCUT2D eigenvalue weighted by atomic mass is 19.4. The Morgan fingerprint density at radius 3 is 2.26 bits per heavy atom. The fraction of sp³-hybridized carbons (Fsp3) is 0.400. The molecule has 0 spiro atoms. The van der Waals surface area contributed by atoms with Gasteiger partial charge in [0, 0.05) is 13.6 Å². The molecule has 2 aromatic carbocycles. The van der Waals surface area contributed by atoms with E-state index >= 15 is 0 Å². The van der Waals surface area contributed by atoms with Gasteiger partial charge in [0.25, 0.3) is 0 Å². The molecule has 1 atom stereocenters. The molecule has 0 N–H and O–H groups in total. The number of likely N-dealkylation sites (N-methyl/N-ethyl adjacent to an activating group) is 1. The molecule has 3 nitrogen and oxygen atoms in total. The molecule has 2 rings (SSSR count).